The molecule has 1 aliphatic carbocycles. The van der Waals surface area contributed by atoms with Gasteiger partial charge in [-0.15, -0.1) is 0 Å². The fraction of sp³-hybridized carbons (Fsp3) is 0.378. The third kappa shape index (κ3) is 4.67. The van der Waals surface area contributed by atoms with Gasteiger partial charge >= 0.3 is 0 Å². The summed E-state index contributed by atoms with van der Waals surface area (Å²) in [7, 11) is 3.67. The Morgan fingerprint density at radius 3 is 2.63 bits per heavy atom. The monoisotopic (exact) mass is 616 g/mol. The van der Waals surface area contributed by atoms with Crippen LogP contribution in [0.2, 0.25) is 0 Å². The van der Waals surface area contributed by atoms with Crippen LogP contribution in [0, 0.1) is 11.8 Å². The van der Waals surface area contributed by atoms with E-state index < -0.39 is 0 Å². The van der Waals surface area contributed by atoms with Crippen molar-refractivity contribution in [3.8, 4) is 28.4 Å². The Kier molecular flexibility index (Phi) is 6.90. The number of nitrogens with one attached hydrogen (secondary N) is 1. The average molecular weight is 617 g/mol. The van der Waals surface area contributed by atoms with Gasteiger partial charge in [-0.05, 0) is 86.4 Å². The maximum atomic E-state index is 13.9. The highest BCUT2D eigenvalue weighted by atomic mass is 16.5. The number of nitrogens with two attached hydrogens (primary N) is 1. The molecule has 9 nitrogen and oxygen atoms in total. The molecule has 8 rings (SSSR count). The van der Waals surface area contributed by atoms with E-state index in [9.17, 15) is 9.59 Å². The maximum absolute atomic E-state index is 13.9. The Morgan fingerprint density at radius 1 is 1.02 bits per heavy atom. The van der Waals surface area contributed by atoms with E-state index in [4.69, 9.17) is 15.5 Å². The number of carbonyl (C=O) groups excluding carboxylic acids is 2. The summed E-state index contributed by atoms with van der Waals surface area (Å²) < 4.78 is 10.4. The van der Waals surface area contributed by atoms with Gasteiger partial charge in [0.15, 0.2) is 5.82 Å². The van der Waals surface area contributed by atoms with Gasteiger partial charge in [0.1, 0.15) is 11.3 Å². The first-order chi connectivity index (χ1) is 22.3. The Hall–Kier alpha value is -4.63. The Morgan fingerprint density at radius 2 is 1.85 bits per heavy atom. The number of hydrogen-bond donors (Lipinski definition) is 2. The maximum Gasteiger partial charge on any atom is 0.254 e. The van der Waals surface area contributed by atoms with Crippen molar-refractivity contribution in [1.82, 2.24) is 24.3 Å². The van der Waals surface area contributed by atoms with Crippen LogP contribution in [-0.2, 0) is 20.1 Å². The first-order valence-corrected chi connectivity index (χ1v) is 16.4. The molecule has 3 aromatic carbocycles. The molecule has 3 aliphatic rings. The minimum atomic E-state index is -0.0153. The summed E-state index contributed by atoms with van der Waals surface area (Å²) in [5.41, 5.74) is 14.3. The van der Waals surface area contributed by atoms with Gasteiger partial charge in [0.25, 0.3) is 11.8 Å². The van der Waals surface area contributed by atoms with Crippen LogP contribution in [0.3, 0.4) is 0 Å². The van der Waals surface area contributed by atoms with Gasteiger partial charge in [-0.1, -0.05) is 30.3 Å². The van der Waals surface area contributed by atoms with Crippen LogP contribution in [-0.4, -0.2) is 57.1 Å². The van der Waals surface area contributed by atoms with Crippen molar-refractivity contribution in [2.24, 2.45) is 24.6 Å². The third-order valence-corrected chi connectivity index (χ3v) is 10.4. The summed E-state index contributed by atoms with van der Waals surface area (Å²) in [6.45, 7) is 4.84. The molecule has 3 N–H and O–H groups in total. The zero-order valence-electron chi connectivity index (χ0n) is 26.7. The Balaban J connectivity index is 1.26. The number of aromatic nitrogens is 3. The molecule has 1 saturated heterocycles. The number of ether oxygens (including phenoxy) is 1. The number of likely N-dealkylation sites (tertiary alicyclic amines) is 1. The lowest BCUT2D eigenvalue weighted by Crippen LogP contribution is -2.47. The number of nitrogens with zero attached hydrogens (tertiary/aromatic N) is 4. The number of amides is 2. The van der Waals surface area contributed by atoms with E-state index in [1.54, 1.807) is 7.11 Å². The van der Waals surface area contributed by atoms with Crippen LogP contribution >= 0.6 is 0 Å². The summed E-state index contributed by atoms with van der Waals surface area (Å²) in [4.78, 5) is 33.6. The molecule has 5 aromatic rings. The molecule has 1 saturated carbocycles. The highest BCUT2D eigenvalue weighted by Gasteiger charge is 2.31. The van der Waals surface area contributed by atoms with Gasteiger partial charge in [0, 0.05) is 54.8 Å². The molecule has 0 unspecified atom stereocenters. The van der Waals surface area contributed by atoms with E-state index in [0.717, 1.165) is 75.1 Å². The van der Waals surface area contributed by atoms with Crippen LogP contribution in [0.4, 0.5) is 0 Å². The quantitative estimate of drug-likeness (QED) is 0.243. The molecule has 2 aliphatic heterocycles. The molecule has 0 bridgehead atoms. The van der Waals surface area contributed by atoms with Crippen molar-refractivity contribution in [3.63, 3.8) is 0 Å². The molecular formula is C37H40N6O3. The topological polar surface area (TPSA) is 107 Å². The van der Waals surface area contributed by atoms with E-state index in [2.05, 4.69) is 57.8 Å². The first kappa shape index (κ1) is 28.8. The number of benzene rings is 3. The molecule has 2 aromatic heterocycles. The lowest BCUT2D eigenvalue weighted by Gasteiger charge is -2.37. The second-order valence-electron chi connectivity index (χ2n) is 13.4. The zero-order chi connectivity index (χ0) is 31.7. The van der Waals surface area contributed by atoms with Crippen LogP contribution in [0.1, 0.15) is 58.9 Å². The van der Waals surface area contributed by atoms with Crippen LogP contribution in [0.25, 0.3) is 44.6 Å². The predicted molar refractivity (Wildman–Crippen MR) is 180 cm³/mol. The fourth-order valence-electron chi connectivity index (χ4n) is 7.51. The second-order valence-corrected chi connectivity index (χ2v) is 13.4. The predicted octanol–water partition coefficient (Wildman–Crippen LogP) is 5.72. The molecule has 0 radical (unpaired) electrons. The van der Waals surface area contributed by atoms with Crippen LogP contribution < -0.4 is 15.8 Å². The number of para-hydroxylation sites is 1. The molecule has 2 atom stereocenters. The molecule has 0 spiro atoms. The Labute approximate surface area is 268 Å². The van der Waals surface area contributed by atoms with Crippen molar-refractivity contribution >= 4 is 33.8 Å². The fourth-order valence-corrected chi connectivity index (χ4v) is 7.51. The molecule has 2 amide bonds. The molecule has 236 valence electrons. The van der Waals surface area contributed by atoms with E-state index in [0.29, 0.717) is 42.8 Å². The highest BCUT2D eigenvalue weighted by Crippen LogP contribution is 2.41. The minimum Gasteiger partial charge on any atom is -0.494 e. The Bertz CT molecular complexity index is 2040. The highest BCUT2D eigenvalue weighted by molar-refractivity contribution is 6.03. The van der Waals surface area contributed by atoms with Gasteiger partial charge in [0.2, 0.25) is 0 Å². The van der Waals surface area contributed by atoms with Gasteiger partial charge < -0.3 is 29.8 Å². The number of imidazole rings is 1. The molecule has 4 heterocycles. The summed E-state index contributed by atoms with van der Waals surface area (Å²) in [5, 5.41) is 4.07. The number of carbonyl (C=O) groups is 2. The standard InChI is InChI=1S/C37H40N6O3/c1-21-7-8-23(17-38)20-42(21)37(45)27-14-30-34(32(16-27)46-3)41(2)35(40-30)31-15-25-5-4-6-28(33(25)43(31)19-22-9-10-22)24-11-12-26-18-39-36(44)29(26)13-24/h4-6,11-16,21-23H,7-10,17-20,38H2,1-3H3,(H,39,44)/t21-,23-/m0/s1. The van der Waals surface area contributed by atoms with Crippen molar-refractivity contribution < 1.29 is 14.3 Å². The molecule has 2 fully saturated rings. The smallest absolute Gasteiger partial charge is 0.254 e. The number of methoxy groups -OCH3 is 1. The lowest BCUT2D eigenvalue weighted by molar-refractivity contribution is 0.0566. The van der Waals surface area contributed by atoms with E-state index in [1.165, 1.54) is 12.8 Å². The zero-order valence-corrected chi connectivity index (χ0v) is 26.7. The van der Waals surface area contributed by atoms with Crippen molar-refractivity contribution in [1.29, 1.82) is 0 Å². The summed E-state index contributed by atoms with van der Waals surface area (Å²) >= 11 is 0. The number of aryl methyl sites for hydroxylation is 1. The number of fused-ring (bicyclic) bond motifs is 3. The van der Waals surface area contributed by atoms with Gasteiger partial charge in [0.05, 0.1) is 23.8 Å². The van der Waals surface area contributed by atoms with Gasteiger partial charge in [-0.3, -0.25) is 9.59 Å². The van der Waals surface area contributed by atoms with E-state index in [-0.39, 0.29) is 17.9 Å². The first-order valence-electron chi connectivity index (χ1n) is 16.4. The minimum absolute atomic E-state index is 0.00595. The van der Waals surface area contributed by atoms with E-state index in [1.807, 2.05) is 30.1 Å². The third-order valence-electron chi connectivity index (χ3n) is 10.4. The van der Waals surface area contributed by atoms with Crippen molar-refractivity contribution in [2.75, 3.05) is 20.2 Å². The van der Waals surface area contributed by atoms with Gasteiger partial charge in [-0.2, -0.15) is 0 Å². The normalized spacial score (nSPS) is 19.6. The summed E-state index contributed by atoms with van der Waals surface area (Å²) in [6, 6.07) is 18.8. The van der Waals surface area contributed by atoms with Crippen LogP contribution in [0.15, 0.2) is 54.6 Å². The SMILES string of the molecule is COc1cc(C(=O)N2C[C@H](CN)CC[C@@H]2C)cc2nc(-c3cc4cccc(-c5ccc6c(c5)C(=O)NC6)c4n3CC3CC3)n(C)c12. The molecule has 9 heteroatoms. The number of piperidine rings is 1. The second kappa shape index (κ2) is 11.0. The van der Waals surface area contributed by atoms with Crippen LogP contribution in [0.5, 0.6) is 5.75 Å². The number of rotatable bonds is 7. The summed E-state index contributed by atoms with van der Waals surface area (Å²) in [6.07, 6.45) is 4.42. The lowest BCUT2D eigenvalue weighted by atomic mass is 9.93. The number of hydrogen-bond acceptors (Lipinski definition) is 5. The van der Waals surface area contributed by atoms with Gasteiger partial charge in [-0.25, -0.2) is 4.98 Å². The molecule has 46 heavy (non-hydrogen) atoms. The average Bonchev–Trinajstić information content (AvgIpc) is 3.59. The van der Waals surface area contributed by atoms with Crippen molar-refractivity contribution in [2.45, 2.75) is 51.7 Å². The largest absolute Gasteiger partial charge is 0.494 e. The molecular weight excluding hydrogens is 576 g/mol. The summed E-state index contributed by atoms with van der Waals surface area (Å²) in [5.74, 6) is 2.37. The van der Waals surface area contributed by atoms with Crippen molar-refractivity contribution in [3.05, 3.63) is 71.3 Å². The van der Waals surface area contributed by atoms with E-state index >= 15 is 0 Å².